The van der Waals surface area contributed by atoms with E-state index in [-0.39, 0.29) is 0 Å². The van der Waals surface area contributed by atoms with Crippen LogP contribution in [0.5, 0.6) is 0 Å². The van der Waals surface area contributed by atoms with E-state index in [1.54, 1.807) is 18.5 Å². The lowest BCUT2D eigenvalue weighted by Gasteiger charge is -2.26. The number of nitrogens with zero attached hydrogens (tertiary/aromatic N) is 2. The van der Waals surface area contributed by atoms with Crippen LogP contribution in [0.1, 0.15) is 41.0 Å². The van der Waals surface area contributed by atoms with Gasteiger partial charge in [0.15, 0.2) is 0 Å². The number of hydrogen-bond acceptors (Lipinski definition) is 2. The van der Waals surface area contributed by atoms with Crippen LogP contribution in [0.25, 0.3) is 0 Å². The molecule has 2 nitrogen and oxygen atoms in total. The molecule has 0 amide bonds. The van der Waals surface area contributed by atoms with Gasteiger partial charge in [0.05, 0.1) is 11.8 Å². The molecule has 0 aromatic heterocycles. The molecule has 1 unspecified atom stereocenters. The van der Waals surface area contributed by atoms with Gasteiger partial charge in [0, 0.05) is 30.6 Å². The van der Waals surface area contributed by atoms with Crippen LogP contribution >= 0.6 is 0 Å². The molecule has 0 heterocycles. The number of allylic oxidation sites excluding steroid dienone is 5. The molecule has 0 saturated carbocycles. The lowest BCUT2D eigenvalue weighted by molar-refractivity contribution is 0.322. The monoisotopic (exact) mass is 362 g/mol. The van der Waals surface area contributed by atoms with E-state index in [0.717, 1.165) is 24.1 Å². The molecule has 0 N–H and O–H groups in total. The van der Waals surface area contributed by atoms with Gasteiger partial charge in [-0.05, 0) is 39.2 Å². The second-order valence-electron chi connectivity index (χ2n) is 6.39. The first-order chi connectivity index (χ1) is 13.0. The lowest BCUT2D eigenvalue weighted by atomic mass is 10.1. The molecule has 1 atom stereocenters. The molecule has 0 aromatic rings. The minimum Gasteiger partial charge on any atom is -0.370 e. The van der Waals surface area contributed by atoms with E-state index >= 15 is 0 Å². The van der Waals surface area contributed by atoms with Gasteiger partial charge < -0.3 is 4.90 Å². The van der Waals surface area contributed by atoms with Gasteiger partial charge in [0.2, 0.25) is 0 Å². The molecule has 0 aliphatic heterocycles. The van der Waals surface area contributed by atoms with Gasteiger partial charge in [-0.25, -0.2) is 0 Å². The normalized spacial score (nSPS) is 12.7. The summed E-state index contributed by atoms with van der Waals surface area (Å²) < 4.78 is 0. The SMILES string of the molecule is C=CCN(/C=C(/C#CC(=C=CC)C=N/C=C\C)C=C)C(C)C/C=C\C(C)C. The molecule has 0 aliphatic carbocycles. The zero-order valence-electron chi connectivity index (χ0n) is 17.6. The van der Waals surface area contributed by atoms with Crippen molar-refractivity contribution in [1.29, 1.82) is 0 Å². The summed E-state index contributed by atoms with van der Waals surface area (Å²) in [6, 6.07) is 0.344. The summed E-state index contributed by atoms with van der Waals surface area (Å²) in [7, 11) is 0. The fraction of sp³-hybridized carbons (Fsp3) is 0.360. The molecule has 27 heavy (non-hydrogen) atoms. The summed E-state index contributed by atoms with van der Waals surface area (Å²) >= 11 is 0. The zero-order chi connectivity index (χ0) is 20.5. The summed E-state index contributed by atoms with van der Waals surface area (Å²) in [5.74, 6) is 6.84. The van der Waals surface area contributed by atoms with Gasteiger partial charge in [-0.15, -0.1) is 12.3 Å². The zero-order valence-corrected chi connectivity index (χ0v) is 17.6. The summed E-state index contributed by atoms with van der Waals surface area (Å²) in [4.78, 5) is 6.41. The number of aliphatic imine (C=N–C) groups is 1. The summed E-state index contributed by atoms with van der Waals surface area (Å²) in [6.45, 7) is 18.9. The van der Waals surface area contributed by atoms with Crippen LogP contribution in [0, 0.1) is 17.8 Å². The quantitative estimate of drug-likeness (QED) is 0.148. The second-order valence-corrected chi connectivity index (χ2v) is 6.39. The van der Waals surface area contributed by atoms with Crippen LogP contribution in [0.15, 0.2) is 83.9 Å². The van der Waals surface area contributed by atoms with Crippen molar-refractivity contribution in [3.05, 3.63) is 78.9 Å². The molecular formula is C25H34N2. The Labute approximate surface area is 166 Å². The van der Waals surface area contributed by atoms with Gasteiger partial charge in [0.1, 0.15) is 0 Å². The average molecular weight is 363 g/mol. The highest BCUT2D eigenvalue weighted by Gasteiger charge is 2.07. The average Bonchev–Trinajstić information content (AvgIpc) is 2.63. The largest absolute Gasteiger partial charge is 0.370 e. The standard InChI is InChI=1S/C25H34N2/c1-8-13-25(20-26-18-9-2)17-16-24(11-4)21-27(19-10-3)23(7)15-12-14-22(5)6/h8-12,14,18,20-23H,3-4,15,19H2,1-2,5-7H3/b14-12-,18-9-,24-21+,26-20?. The van der Waals surface area contributed by atoms with Crippen molar-refractivity contribution >= 4 is 6.21 Å². The van der Waals surface area contributed by atoms with E-state index < -0.39 is 0 Å². The third-order valence-electron chi connectivity index (χ3n) is 3.51. The van der Waals surface area contributed by atoms with Gasteiger partial charge in [-0.1, -0.05) is 62.6 Å². The van der Waals surface area contributed by atoms with E-state index in [4.69, 9.17) is 0 Å². The topological polar surface area (TPSA) is 15.6 Å². The molecule has 2 heteroatoms. The Kier molecular flexibility index (Phi) is 13.9. The van der Waals surface area contributed by atoms with E-state index in [0.29, 0.717) is 12.0 Å². The Morgan fingerprint density at radius 1 is 1.15 bits per heavy atom. The van der Waals surface area contributed by atoms with Crippen molar-refractivity contribution in [2.45, 2.75) is 47.1 Å². The van der Waals surface area contributed by atoms with E-state index in [2.05, 4.69) is 73.5 Å². The Bertz CT molecular complexity index is 696. The van der Waals surface area contributed by atoms with Gasteiger partial charge >= 0.3 is 0 Å². The van der Waals surface area contributed by atoms with Crippen molar-refractivity contribution in [3.63, 3.8) is 0 Å². The summed E-state index contributed by atoms with van der Waals surface area (Å²) in [6.07, 6.45) is 18.3. The number of rotatable bonds is 10. The van der Waals surface area contributed by atoms with E-state index in [9.17, 15) is 0 Å². The highest BCUT2D eigenvalue weighted by molar-refractivity contribution is 5.85. The Morgan fingerprint density at radius 3 is 2.44 bits per heavy atom. The highest BCUT2D eigenvalue weighted by Crippen LogP contribution is 2.10. The van der Waals surface area contributed by atoms with Crippen molar-refractivity contribution < 1.29 is 0 Å². The molecule has 0 bridgehead atoms. The molecule has 0 aliphatic rings. The predicted octanol–water partition coefficient (Wildman–Crippen LogP) is 6.24. The third-order valence-corrected chi connectivity index (χ3v) is 3.51. The minimum absolute atomic E-state index is 0.344. The molecule has 0 fully saturated rings. The van der Waals surface area contributed by atoms with Crippen LogP contribution in [-0.4, -0.2) is 23.7 Å². The Balaban J connectivity index is 5.50. The maximum atomic E-state index is 4.17. The maximum Gasteiger partial charge on any atom is 0.0847 e. The molecule has 0 radical (unpaired) electrons. The lowest BCUT2D eigenvalue weighted by Crippen LogP contribution is -2.28. The predicted molar refractivity (Wildman–Crippen MR) is 122 cm³/mol. The van der Waals surface area contributed by atoms with Crippen LogP contribution in [0.3, 0.4) is 0 Å². The van der Waals surface area contributed by atoms with Crippen molar-refractivity contribution in [2.75, 3.05) is 6.54 Å². The molecule has 0 saturated heterocycles. The summed E-state index contributed by atoms with van der Waals surface area (Å²) in [5.41, 5.74) is 4.68. The second kappa shape index (κ2) is 15.5. The van der Waals surface area contributed by atoms with Crippen LogP contribution in [-0.2, 0) is 0 Å². The smallest absolute Gasteiger partial charge is 0.0847 e. The molecule has 144 valence electrons. The van der Waals surface area contributed by atoms with Crippen LogP contribution in [0.4, 0.5) is 0 Å². The highest BCUT2D eigenvalue weighted by atomic mass is 15.1. The first-order valence-corrected chi connectivity index (χ1v) is 9.43. The van der Waals surface area contributed by atoms with Gasteiger partial charge in [-0.2, -0.15) is 0 Å². The molecular weight excluding hydrogens is 328 g/mol. The van der Waals surface area contributed by atoms with E-state index in [1.165, 1.54) is 0 Å². The Morgan fingerprint density at radius 2 is 1.89 bits per heavy atom. The molecule has 0 rings (SSSR count). The molecule has 0 spiro atoms. The van der Waals surface area contributed by atoms with Crippen molar-refractivity contribution in [2.24, 2.45) is 10.9 Å². The van der Waals surface area contributed by atoms with Gasteiger partial charge in [0.25, 0.3) is 0 Å². The fourth-order valence-corrected chi connectivity index (χ4v) is 2.11. The first kappa shape index (κ1) is 24.2. The maximum absolute atomic E-state index is 4.17. The first-order valence-electron chi connectivity index (χ1n) is 9.43. The van der Waals surface area contributed by atoms with Crippen molar-refractivity contribution in [3.8, 4) is 11.8 Å². The van der Waals surface area contributed by atoms with Crippen LogP contribution in [0.2, 0.25) is 0 Å². The van der Waals surface area contributed by atoms with Gasteiger partial charge in [-0.3, -0.25) is 4.99 Å². The minimum atomic E-state index is 0.344. The Hall–Kier alpha value is -2.75. The number of hydrogen-bond donors (Lipinski definition) is 0. The summed E-state index contributed by atoms with van der Waals surface area (Å²) in [5, 5.41) is 0. The third kappa shape index (κ3) is 12.3. The molecule has 0 aromatic carbocycles. The van der Waals surface area contributed by atoms with Crippen molar-refractivity contribution in [1.82, 2.24) is 4.90 Å². The van der Waals surface area contributed by atoms with Crippen LogP contribution < -0.4 is 0 Å². The fourth-order valence-electron chi connectivity index (χ4n) is 2.11. The van der Waals surface area contributed by atoms with E-state index in [1.807, 2.05) is 38.3 Å².